The van der Waals surface area contributed by atoms with Crippen molar-refractivity contribution >= 4 is 6.08 Å². The standard InChI is InChI=1S/C12H13.2CH3.Zr/c1-8-4-10(3)12-7-9(2)6-11(12)5-8;;;/h4-7H,1-3H3;2*1H3;. The molecule has 1 aliphatic carbocycles. The first-order valence-electron chi connectivity index (χ1n) is 5.60. The predicted octanol–water partition coefficient (Wildman–Crippen LogP) is 4.48. The first-order valence-corrected chi connectivity index (χ1v) is 11.9. The van der Waals surface area contributed by atoms with Crippen LogP contribution < -0.4 is 0 Å². The number of allylic oxidation sites excluding steroid dienone is 1. The fourth-order valence-corrected chi connectivity index (χ4v) is 7.33. The predicted molar refractivity (Wildman–Crippen MR) is 64.0 cm³/mol. The normalized spacial score (nSPS) is 18.7. The molecule has 0 spiro atoms. The van der Waals surface area contributed by atoms with Crippen LogP contribution in [0.25, 0.3) is 6.08 Å². The summed E-state index contributed by atoms with van der Waals surface area (Å²) in [4.78, 5) is 0. The first kappa shape index (κ1) is 11.3. The minimum atomic E-state index is -1.18. The van der Waals surface area contributed by atoms with Crippen LogP contribution in [0.15, 0.2) is 17.7 Å². The van der Waals surface area contributed by atoms with Crippen molar-refractivity contribution in [2.45, 2.75) is 33.7 Å². The molecule has 0 aromatic heterocycles. The third kappa shape index (κ3) is 1.91. The number of aryl methyl sites for hydroxylation is 2. The molecule has 0 saturated heterocycles. The SMILES string of the molecule is CC1=Cc2c(C)cc(C)cc2[CH]1[Zr]([CH3])[CH3]. The van der Waals surface area contributed by atoms with Crippen molar-refractivity contribution < 1.29 is 21.8 Å². The van der Waals surface area contributed by atoms with Gasteiger partial charge in [0, 0.05) is 0 Å². The summed E-state index contributed by atoms with van der Waals surface area (Å²) in [6, 6.07) is 4.72. The van der Waals surface area contributed by atoms with Crippen LogP contribution in [-0.4, -0.2) is 0 Å². The molecular weight excluding hydrogens is 259 g/mol. The molecule has 0 nitrogen and oxygen atoms in total. The van der Waals surface area contributed by atoms with Crippen LogP contribution >= 0.6 is 0 Å². The molecule has 0 amide bonds. The van der Waals surface area contributed by atoms with Crippen molar-refractivity contribution in [1.29, 1.82) is 0 Å². The van der Waals surface area contributed by atoms with E-state index >= 15 is 0 Å². The van der Waals surface area contributed by atoms with Gasteiger partial charge in [0.05, 0.1) is 0 Å². The molecule has 0 radical (unpaired) electrons. The molecule has 0 fully saturated rings. The van der Waals surface area contributed by atoms with Gasteiger partial charge < -0.3 is 0 Å². The summed E-state index contributed by atoms with van der Waals surface area (Å²) >= 11 is -1.18. The summed E-state index contributed by atoms with van der Waals surface area (Å²) in [5.74, 6) is 0. The Bertz CT molecular complexity index is 427. The second-order valence-corrected chi connectivity index (χ2v) is 11.7. The monoisotopic (exact) mass is 277 g/mol. The molecule has 2 rings (SSSR count). The zero-order valence-corrected chi connectivity index (χ0v) is 12.8. The molecule has 0 N–H and O–H groups in total. The van der Waals surface area contributed by atoms with E-state index in [9.17, 15) is 0 Å². The number of rotatable bonds is 1. The second-order valence-electron chi connectivity index (χ2n) is 4.98. The van der Waals surface area contributed by atoms with E-state index in [1.165, 1.54) is 16.7 Å². The van der Waals surface area contributed by atoms with E-state index in [0.717, 1.165) is 3.63 Å². The Morgan fingerprint density at radius 2 is 1.73 bits per heavy atom. The van der Waals surface area contributed by atoms with Crippen molar-refractivity contribution in [2.75, 3.05) is 0 Å². The van der Waals surface area contributed by atoms with Crippen molar-refractivity contribution in [2.24, 2.45) is 0 Å². The summed E-state index contributed by atoms with van der Waals surface area (Å²) in [7, 11) is 0. The van der Waals surface area contributed by atoms with E-state index in [0.29, 0.717) is 0 Å². The molecule has 0 heterocycles. The van der Waals surface area contributed by atoms with Gasteiger partial charge in [-0.1, -0.05) is 0 Å². The second kappa shape index (κ2) is 4.02. The Kier molecular flexibility index (Phi) is 3.03. The molecule has 1 aromatic rings. The van der Waals surface area contributed by atoms with Crippen LogP contribution in [-0.2, 0) is 21.8 Å². The van der Waals surface area contributed by atoms with Gasteiger partial charge in [0.25, 0.3) is 0 Å². The van der Waals surface area contributed by atoms with Gasteiger partial charge in [-0.2, -0.15) is 0 Å². The Hall–Kier alpha value is -0.157. The average Bonchev–Trinajstić information content (AvgIpc) is 2.41. The number of benzene rings is 1. The Morgan fingerprint density at radius 3 is 2.33 bits per heavy atom. The Balaban J connectivity index is 2.60. The molecule has 0 saturated carbocycles. The van der Waals surface area contributed by atoms with E-state index in [-0.39, 0.29) is 0 Å². The quantitative estimate of drug-likeness (QED) is 0.711. The molecule has 1 atom stereocenters. The van der Waals surface area contributed by atoms with Gasteiger partial charge in [0.1, 0.15) is 0 Å². The molecule has 0 aliphatic heterocycles. The fourth-order valence-electron chi connectivity index (χ4n) is 2.77. The maximum absolute atomic E-state index is 2.51. The van der Waals surface area contributed by atoms with Crippen LogP contribution in [0.5, 0.6) is 0 Å². The van der Waals surface area contributed by atoms with E-state index in [2.05, 4.69) is 48.2 Å². The summed E-state index contributed by atoms with van der Waals surface area (Å²) in [6.07, 6.45) is 2.42. The van der Waals surface area contributed by atoms with Gasteiger partial charge in [-0.15, -0.1) is 0 Å². The number of fused-ring (bicyclic) bond motifs is 1. The van der Waals surface area contributed by atoms with E-state index in [1.54, 1.807) is 11.1 Å². The summed E-state index contributed by atoms with van der Waals surface area (Å²) < 4.78 is 5.86. The molecule has 1 unspecified atom stereocenters. The Morgan fingerprint density at radius 1 is 1.07 bits per heavy atom. The van der Waals surface area contributed by atoms with Crippen molar-refractivity contribution in [3.05, 3.63) is 40.0 Å². The van der Waals surface area contributed by atoms with Crippen molar-refractivity contribution in [3.8, 4) is 0 Å². The molecule has 15 heavy (non-hydrogen) atoms. The molecule has 79 valence electrons. The van der Waals surface area contributed by atoms with E-state index in [1.807, 2.05) is 0 Å². The van der Waals surface area contributed by atoms with Gasteiger partial charge in [-0.3, -0.25) is 0 Å². The van der Waals surface area contributed by atoms with Crippen LogP contribution in [0.2, 0.25) is 9.26 Å². The zero-order chi connectivity index (χ0) is 11.2. The Labute approximate surface area is 101 Å². The van der Waals surface area contributed by atoms with Crippen LogP contribution in [0.3, 0.4) is 0 Å². The zero-order valence-electron chi connectivity index (χ0n) is 10.3. The molecule has 1 aliphatic rings. The number of hydrogen-bond donors (Lipinski definition) is 0. The maximum atomic E-state index is 2.51. The average molecular weight is 279 g/mol. The summed E-state index contributed by atoms with van der Waals surface area (Å²) in [6.45, 7) is 6.77. The minimum absolute atomic E-state index is 0.834. The van der Waals surface area contributed by atoms with E-state index < -0.39 is 21.8 Å². The van der Waals surface area contributed by atoms with Gasteiger partial charge in [0.2, 0.25) is 0 Å². The topological polar surface area (TPSA) is 0 Å². The summed E-state index contributed by atoms with van der Waals surface area (Å²) in [5, 5.41) is 0. The van der Waals surface area contributed by atoms with Gasteiger partial charge in [0.15, 0.2) is 0 Å². The fraction of sp³-hybridized carbons (Fsp3) is 0.429. The van der Waals surface area contributed by atoms with Crippen LogP contribution in [0, 0.1) is 13.8 Å². The first-order chi connectivity index (χ1) is 7.00. The van der Waals surface area contributed by atoms with Crippen molar-refractivity contribution in [1.82, 2.24) is 0 Å². The molecule has 1 aromatic carbocycles. The van der Waals surface area contributed by atoms with Crippen LogP contribution in [0.4, 0.5) is 0 Å². The summed E-state index contributed by atoms with van der Waals surface area (Å²) in [5.41, 5.74) is 7.63. The number of hydrogen-bond acceptors (Lipinski definition) is 0. The van der Waals surface area contributed by atoms with Crippen molar-refractivity contribution in [3.63, 3.8) is 0 Å². The molecule has 0 bridgehead atoms. The molecular formula is C14H19Zr. The van der Waals surface area contributed by atoms with Gasteiger partial charge in [-0.25, -0.2) is 0 Å². The molecule has 1 heteroatoms. The third-order valence-electron chi connectivity index (χ3n) is 3.28. The van der Waals surface area contributed by atoms with E-state index in [4.69, 9.17) is 0 Å². The van der Waals surface area contributed by atoms with Gasteiger partial charge in [-0.05, 0) is 0 Å². The van der Waals surface area contributed by atoms with Crippen LogP contribution in [0.1, 0.15) is 32.8 Å². The third-order valence-corrected chi connectivity index (χ3v) is 8.00. The van der Waals surface area contributed by atoms with Gasteiger partial charge >= 0.3 is 101 Å².